The molecule has 0 aromatic heterocycles. The van der Waals surface area contributed by atoms with E-state index in [1.807, 2.05) is 11.8 Å². The lowest BCUT2D eigenvalue weighted by molar-refractivity contribution is 0.195. The van der Waals surface area contributed by atoms with Crippen LogP contribution in [0.15, 0.2) is 0 Å². The molecule has 1 fully saturated rings. The van der Waals surface area contributed by atoms with Gasteiger partial charge < -0.3 is 10.2 Å². The van der Waals surface area contributed by atoms with Crippen LogP contribution in [0.4, 0.5) is 0 Å². The van der Waals surface area contributed by atoms with Gasteiger partial charge in [0.25, 0.3) is 0 Å². The second-order valence-corrected chi connectivity index (χ2v) is 6.11. The van der Waals surface area contributed by atoms with E-state index in [1.165, 1.54) is 70.5 Å². The number of rotatable bonds is 9. The number of nitrogens with zero attached hydrogens (tertiary/aromatic N) is 1. The average Bonchev–Trinajstić information content (AvgIpc) is 2.37. The van der Waals surface area contributed by atoms with Crippen LogP contribution in [0.25, 0.3) is 0 Å². The summed E-state index contributed by atoms with van der Waals surface area (Å²) >= 11 is 1.97. The van der Waals surface area contributed by atoms with Crippen LogP contribution in [-0.2, 0) is 0 Å². The summed E-state index contributed by atoms with van der Waals surface area (Å²) in [6.45, 7) is 7.39. The molecular formula is C14H30N2S. The Bertz CT molecular complexity index is 165. The Kier molecular flexibility index (Phi) is 9.21. The molecule has 0 amide bonds. The Balaban J connectivity index is 1.95. The lowest BCUT2D eigenvalue weighted by atomic mass is 10.0. The molecule has 0 bridgehead atoms. The van der Waals surface area contributed by atoms with Crippen molar-refractivity contribution >= 4 is 11.8 Å². The van der Waals surface area contributed by atoms with Gasteiger partial charge in [-0.05, 0) is 70.3 Å². The number of nitrogens with one attached hydrogen (secondary N) is 1. The fourth-order valence-electron chi connectivity index (χ4n) is 2.47. The molecule has 102 valence electrons. The van der Waals surface area contributed by atoms with Gasteiger partial charge in [0.05, 0.1) is 0 Å². The molecule has 1 heterocycles. The first kappa shape index (κ1) is 15.3. The number of unbranched alkanes of at least 4 members (excludes halogenated alkanes) is 2. The molecule has 0 aromatic carbocycles. The van der Waals surface area contributed by atoms with Crippen LogP contribution < -0.4 is 5.32 Å². The van der Waals surface area contributed by atoms with Crippen LogP contribution in [0.3, 0.4) is 0 Å². The number of likely N-dealkylation sites (tertiary alicyclic amines) is 1. The highest BCUT2D eigenvalue weighted by Crippen LogP contribution is 2.12. The summed E-state index contributed by atoms with van der Waals surface area (Å²) in [4.78, 5) is 2.66. The van der Waals surface area contributed by atoms with Crippen molar-refractivity contribution < 1.29 is 0 Å². The summed E-state index contributed by atoms with van der Waals surface area (Å²) in [6.07, 6.45) is 10.4. The van der Waals surface area contributed by atoms with Gasteiger partial charge >= 0.3 is 0 Å². The van der Waals surface area contributed by atoms with E-state index < -0.39 is 0 Å². The minimum absolute atomic E-state index is 0.794. The largest absolute Gasteiger partial charge is 0.314 e. The smallest absolute Gasteiger partial charge is 0.00914 e. The molecule has 2 nitrogen and oxygen atoms in total. The van der Waals surface area contributed by atoms with Gasteiger partial charge in [0.2, 0.25) is 0 Å². The van der Waals surface area contributed by atoms with Crippen LogP contribution in [0.5, 0.6) is 0 Å². The molecule has 0 unspecified atom stereocenters. The molecule has 1 aliphatic heterocycles. The quantitative estimate of drug-likeness (QED) is 0.640. The maximum Gasteiger partial charge on any atom is 0.00914 e. The number of hydrogen-bond acceptors (Lipinski definition) is 3. The molecule has 1 saturated heterocycles. The Morgan fingerprint density at radius 2 is 1.94 bits per heavy atom. The topological polar surface area (TPSA) is 15.3 Å². The number of thioether (sulfide) groups is 1. The minimum Gasteiger partial charge on any atom is -0.314 e. The van der Waals surface area contributed by atoms with E-state index >= 15 is 0 Å². The highest BCUT2D eigenvalue weighted by atomic mass is 32.2. The Morgan fingerprint density at radius 1 is 1.18 bits per heavy atom. The van der Waals surface area contributed by atoms with E-state index in [4.69, 9.17) is 0 Å². The van der Waals surface area contributed by atoms with Gasteiger partial charge in [0.15, 0.2) is 0 Å². The van der Waals surface area contributed by atoms with Gasteiger partial charge in [0, 0.05) is 6.04 Å². The molecular weight excluding hydrogens is 228 g/mol. The van der Waals surface area contributed by atoms with Crippen LogP contribution >= 0.6 is 11.8 Å². The van der Waals surface area contributed by atoms with Crippen molar-refractivity contribution in [1.29, 1.82) is 0 Å². The molecule has 1 aliphatic rings. The van der Waals surface area contributed by atoms with Crippen molar-refractivity contribution in [1.82, 2.24) is 10.2 Å². The van der Waals surface area contributed by atoms with Gasteiger partial charge in [-0.1, -0.05) is 13.3 Å². The number of hydrogen-bond donors (Lipinski definition) is 1. The predicted octanol–water partition coefficient (Wildman–Crippen LogP) is 2.98. The van der Waals surface area contributed by atoms with Gasteiger partial charge in [-0.3, -0.25) is 0 Å². The molecule has 0 aromatic rings. The summed E-state index contributed by atoms with van der Waals surface area (Å²) in [6, 6.07) is 0.794. The summed E-state index contributed by atoms with van der Waals surface area (Å²) in [7, 11) is 0. The van der Waals surface area contributed by atoms with Crippen molar-refractivity contribution in [3.05, 3.63) is 0 Å². The standard InChI is InChI=1S/C14H30N2S/c1-3-9-15-14-7-11-16(12-8-14)10-5-4-6-13-17-2/h14-15H,3-13H2,1-2H3. The van der Waals surface area contributed by atoms with Crippen molar-refractivity contribution in [3.63, 3.8) is 0 Å². The summed E-state index contributed by atoms with van der Waals surface area (Å²) in [5.74, 6) is 1.34. The third kappa shape index (κ3) is 7.32. The zero-order chi connectivity index (χ0) is 12.3. The van der Waals surface area contributed by atoms with Crippen molar-refractivity contribution in [2.24, 2.45) is 0 Å². The minimum atomic E-state index is 0.794. The van der Waals surface area contributed by atoms with Crippen molar-refractivity contribution in [2.75, 3.05) is 38.2 Å². The molecule has 0 atom stereocenters. The van der Waals surface area contributed by atoms with E-state index in [1.54, 1.807) is 0 Å². The monoisotopic (exact) mass is 258 g/mol. The lowest BCUT2D eigenvalue weighted by Gasteiger charge is -2.32. The van der Waals surface area contributed by atoms with Crippen molar-refractivity contribution in [3.8, 4) is 0 Å². The summed E-state index contributed by atoms with van der Waals surface area (Å²) in [5, 5.41) is 3.65. The van der Waals surface area contributed by atoms with Crippen LogP contribution in [-0.4, -0.2) is 49.1 Å². The molecule has 1 N–H and O–H groups in total. The first-order valence-corrected chi connectivity index (χ1v) is 8.71. The molecule has 0 aliphatic carbocycles. The van der Waals surface area contributed by atoms with E-state index in [9.17, 15) is 0 Å². The van der Waals surface area contributed by atoms with Crippen LogP contribution in [0.1, 0.15) is 45.4 Å². The third-order valence-electron chi connectivity index (χ3n) is 3.59. The third-order valence-corrected chi connectivity index (χ3v) is 4.29. The maximum atomic E-state index is 3.65. The molecule has 1 rings (SSSR count). The molecule has 0 spiro atoms. The zero-order valence-electron chi connectivity index (χ0n) is 11.7. The SMILES string of the molecule is CCCNC1CCN(CCCCCSC)CC1. The zero-order valence-corrected chi connectivity index (χ0v) is 12.5. The average molecular weight is 258 g/mol. The van der Waals surface area contributed by atoms with E-state index in [0.717, 1.165) is 6.04 Å². The Hall–Kier alpha value is 0.270. The van der Waals surface area contributed by atoms with Gasteiger partial charge in [-0.15, -0.1) is 0 Å². The van der Waals surface area contributed by atoms with Gasteiger partial charge in [0.1, 0.15) is 0 Å². The fraction of sp³-hybridized carbons (Fsp3) is 1.00. The molecule has 0 radical (unpaired) electrons. The Labute approximate surface area is 112 Å². The summed E-state index contributed by atoms with van der Waals surface area (Å²) < 4.78 is 0. The first-order chi connectivity index (χ1) is 8.36. The molecule has 17 heavy (non-hydrogen) atoms. The molecule has 0 saturated carbocycles. The van der Waals surface area contributed by atoms with E-state index in [2.05, 4.69) is 23.4 Å². The lowest BCUT2D eigenvalue weighted by Crippen LogP contribution is -2.42. The van der Waals surface area contributed by atoms with Gasteiger partial charge in [-0.2, -0.15) is 11.8 Å². The number of piperidine rings is 1. The van der Waals surface area contributed by atoms with Crippen LogP contribution in [0.2, 0.25) is 0 Å². The highest BCUT2D eigenvalue weighted by molar-refractivity contribution is 7.98. The fourth-order valence-corrected chi connectivity index (χ4v) is 2.96. The maximum absolute atomic E-state index is 3.65. The van der Waals surface area contributed by atoms with Gasteiger partial charge in [-0.25, -0.2) is 0 Å². The highest BCUT2D eigenvalue weighted by Gasteiger charge is 2.17. The first-order valence-electron chi connectivity index (χ1n) is 7.31. The van der Waals surface area contributed by atoms with Crippen molar-refractivity contribution in [2.45, 2.75) is 51.5 Å². The molecule has 3 heteroatoms. The second-order valence-electron chi connectivity index (χ2n) is 5.12. The predicted molar refractivity (Wildman–Crippen MR) is 80.0 cm³/mol. The van der Waals surface area contributed by atoms with E-state index in [0.29, 0.717) is 0 Å². The Morgan fingerprint density at radius 3 is 2.59 bits per heavy atom. The second kappa shape index (κ2) is 10.2. The summed E-state index contributed by atoms with van der Waals surface area (Å²) in [5.41, 5.74) is 0. The van der Waals surface area contributed by atoms with E-state index in [-0.39, 0.29) is 0 Å². The normalized spacial score (nSPS) is 18.7. The van der Waals surface area contributed by atoms with Crippen LogP contribution in [0, 0.1) is 0 Å².